The number of nitrogens with one attached hydrogen (secondary N) is 2. The zero-order chi connectivity index (χ0) is 10.7. The van der Waals surface area contributed by atoms with Gasteiger partial charge in [0.2, 0.25) is 0 Å². The molecule has 1 aliphatic carbocycles. The van der Waals surface area contributed by atoms with Crippen molar-refractivity contribution in [2.45, 2.75) is 26.2 Å². The van der Waals surface area contributed by atoms with Crippen molar-refractivity contribution < 1.29 is 4.84 Å². The van der Waals surface area contributed by atoms with Gasteiger partial charge in [0, 0.05) is 0 Å². The molecular formula is C8H13N5O2. The lowest BCUT2D eigenvalue weighted by Gasteiger charge is -2.07. The summed E-state index contributed by atoms with van der Waals surface area (Å²) in [5.74, 6) is 0. The van der Waals surface area contributed by atoms with Crippen molar-refractivity contribution >= 4 is 5.70 Å². The molecule has 0 saturated heterocycles. The van der Waals surface area contributed by atoms with Crippen molar-refractivity contribution in [1.29, 1.82) is 0 Å². The van der Waals surface area contributed by atoms with Gasteiger partial charge < -0.3 is 0 Å². The average molecular weight is 211 g/mol. The highest BCUT2D eigenvalue weighted by Gasteiger charge is 2.19. The van der Waals surface area contributed by atoms with Crippen molar-refractivity contribution in [2.75, 3.05) is 6.61 Å². The van der Waals surface area contributed by atoms with Crippen molar-refractivity contribution in [3.63, 3.8) is 0 Å². The third kappa shape index (κ3) is 1.91. The molecule has 2 rings (SSSR count). The van der Waals surface area contributed by atoms with E-state index in [0.29, 0.717) is 6.61 Å². The molecule has 0 saturated carbocycles. The Morgan fingerprint density at radius 1 is 1.60 bits per heavy atom. The first-order valence-electron chi connectivity index (χ1n) is 4.93. The molecule has 7 nitrogen and oxygen atoms in total. The van der Waals surface area contributed by atoms with Crippen LogP contribution in [0.4, 0.5) is 0 Å². The van der Waals surface area contributed by atoms with E-state index in [1.165, 1.54) is 4.68 Å². The van der Waals surface area contributed by atoms with E-state index < -0.39 is 0 Å². The predicted molar refractivity (Wildman–Crippen MR) is 52.5 cm³/mol. The SMILES string of the molecule is CCONC1=C(n2nn[nH]c2=O)CCC1. The molecule has 0 radical (unpaired) electrons. The maximum absolute atomic E-state index is 11.3. The summed E-state index contributed by atoms with van der Waals surface area (Å²) in [6.07, 6.45) is 2.67. The second-order valence-corrected chi connectivity index (χ2v) is 3.23. The Morgan fingerprint density at radius 2 is 2.47 bits per heavy atom. The van der Waals surface area contributed by atoms with Gasteiger partial charge in [-0.25, -0.2) is 9.89 Å². The van der Waals surface area contributed by atoms with E-state index >= 15 is 0 Å². The summed E-state index contributed by atoms with van der Waals surface area (Å²) >= 11 is 0. The second kappa shape index (κ2) is 4.26. The van der Waals surface area contributed by atoms with E-state index in [4.69, 9.17) is 4.84 Å². The molecule has 0 bridgehead atoms. The molecule has 1 heterocycles. The van der Waals surface area contributed by atoms with E-state index in [9.17, 15) is 4.79 Å². The topological polar surface area (TPSA) is 84.8 Å². The van der Waals surface area contributed by atoms with E-state index in [1.54, 1.807) is 0 Å². The number of tetrazole rings is 1. The number of hydrogen-bond acceptors (Lipinski definition) is 5. The summed E-state index contributed by atoms with van der Waals surface area (Å²) in [5, 5.41) is 9.42. The highest BCUT2D eigenvalue weighted by Crippen LogP contribution is 2.25. The van der Waals surface area contributed by atoms with E-state index in [1.807, 2.05) is 6.92 Å². The number of nitrogens with zero attached hydrogens (tertiary/aromatic N) is 3. The molecule has 0 unspecified atom stereocenters. The molecule has 0 aromatic carbocycles. The summed E-state index contributed by atoms with van der Waals surface area (Å²) < 4.78 is 1.27. The number of hydroxylamine groups is 1. The molecule has 82 valence electrons. The van der Waals surface area contributed by atoms with Crippen molar-refractivity contribution in [1.82, 2.24) is 25.7 Å². The van der Waals surface area contributed by atoms with Crippen molar-refractivity contribution in [3.05, 3.63) is 16.2 Å². The number of H-pyrrole nitrogens is 1. The normalized spacial score (nSPS) is 16.1. The van der Waals surface area contributed by atoms with Gasteiger partial charge in [0.05, 0.1) is 18.0 Å². The lowest BCUT2D eigenvalue weighted by Crippen LogP contribution is -2.21. The van der Waals surface area contributed by atoms with Gasteiger partial charge >= 0.3 is 5.69 Å². The van der Waals surface area contributed by atoms with Gasteiger partial charge in [-0.05, 0) is 36.6 Å². The Kier molecular flexibility index (Phi) is 2.82. The van der Waals surface area contributed by atoms with Gasteiger partial charge in [-0.3, -0.25) is 10.3 Å². The standard InChI is InChI=1S/C8H13N5O2/c1-2-15-10-6-4-3-5-7(6)13-8(14)9-11-12-13/h10H,2-5H2,1H3,(H,9,12,14). The van der Waals surface area contributed by atoms with Gasteiger partial charge in [0.25, 0.3) is 0 Å². The Morgan fingerprint density at radius 3 is 3.13 bits per heavy atom. The van der Waals surface area contributed by atoms with E-state index in [-0.39, 0.29) is 5.69 Å². The van der Waals surface area contributed by atoms with Crippen LogP contribution in [0, 0.1) is 0 Å². The number of allylic oxidation sites excluding steroid dienone is 2. The fourth-order valence-electron chi connectivity index (χ4n) is 1.61. The van der Waals surface area contributed by atoms with Gasteiger partial charge in [-0.15, -0.1) is 0 Å². The molecular weight excluding hydrogens is 198 g/mol. The van der Waals surface area contributed by atoms with Gasteiger partial charge in [0.15, 0.2) is 0 Å². The lowest BCUT2D eigenvalue weighted by atomic mass is 10.3. The maximum Gasteiger partial charge on any atom is 0.365 e. The summed E-state index contributed by atoms with van der Waals surface area (Å²) in [6.45, 7) is 2.47. The molecule has 0 fully saturated rings. The molecule has 1 aromatic rings. The van der Waals surface area contributed by atoms with E-state index in [2.05, 4.69) is 21.0 Å². The van der Waals surface area contributed by atoms with Crippen LogP contribution in [0.1, 0.15) is 26.2 Å². The van der Waals surface area contributed by atoms with Gasteiger partial charge in [-0.2, -0.15) is 4.68 Å². The smallest absolute Gasteiger partial charge is 0.277 e. The highest BCUT2D eigenvalue weighted by atomic mass is 16.6. The number of rotatable bonds is 4. The molecule has 0 spiro atoms. The number of aromatic amines is 1. The van der Waals surface area contributed by atoms with Gasteiger partial charge in [0.1, 0.15) is 0 Å². The zero-order valence-electron chi connectivity index (χ0n) is 8.49. The number of aromatic nitrogens is 4. The monoisotopic (exact) mass is 211 g/mol. The average Bonchev–Trinajstić information content (AvgIpc) is 2.82. The minimum Gasteiger partial charge on any atom is -0.277 e. The minimum absolute atomic E-state index is 0.317. The van der Waals surface area contributed by atoms with Crippen molar-refractivity contribution in [3.8, 4) is 0 Å². The highest BCUT2D eigenvalue weighted by molar-refractivity contribution is 5.50. The van der Waals surface area contributed by atoms with Crippen LogP contribution >= 0.6 is 0 Å². The second-order valence-electron chi connectivity index (χ2n) is 3.23. The predicted octanol–water partition coefficient (Wildman–Crippen LogP) is -0.140. The molecule has 0 aliphatic heterocycles. The molecule has 0 atom stereocenters. The molecule has 15 heavy (non-hydrogen) atoms. The van der Waals surface area contributed by atoms with Crippen LogP contribution in [0.15, 0.2) is 10.5 Å². The van der Waals surface area contributed by atoms with Crippen LogP contribution in [0.2, 0.25) is 0 Å². The first kappa shape index (κ1) is 9.91. The Labute approximate surface area is 86.1 Å². The van der Waals surface area contributed by atoms with Crippen LogP contribution in [-0.4, -0.2) is 26.8 Å². The lowest BCUT2D eigenvalue weighted by molar-refractivity contribution is 0.0721. The third-order valence-corrected chi connectivity index (χ3v) is 2.26. The Balaban J connectivity index is 2.26. The van der Waals surface area contributed by atoms with Crippen LogP contribution in [0.3, 0.4) is 0 Å². The fraction of sp³-hybridized carbons (Fsp3) is 0.625. The third-order valence-electron chi connectivity index (χ3n) is 2.26. The van der Waals surface area contributed by atoms with Crippen LogP contribution in [0.25, 0.3) is 5.70 Å². The zero-order valence-corrected chi connectivity index (χ0v) is 8.49. The van der Waals surface area contributed by atoms with Crippen LogP contribution in [0.5, 0.6) is 0 Å². The number of hydrogen-bond donors (Lipinski definition) is 2. The molecule has 1 aromatic heterocycles. The van der Waals surface area contributed by atoms with Crippen molar-refractivity contribution in [2.24, 2.45) is 0 Å². The maximum atomic E-state index is 11.3. The minimum atomic E-state index is -0.317. The Bertz CT molecular complexity index is 419. The Hall–Kier alpha value is -1.63. The summed E-state index contributed by atoms with van der Waals surface area (Å²) in [4.78, 5) is 16.4. The molecule has 0 amide bonds. The quantitative estimate of drug-likeness (QED) is 0.677. The van der Waals surface area contributed by atoms with Crippen LogP contribution < -0.4 is 11.2 Å². The summed E-state index contributed by atoms with van der Waals surface area (Å²) in [6, 6.07) is 0. The van der Waals surface area contributed by atoms with E-state index in [0.717, 1.165) is 30.7 Å². The first-order chi connectivity index (χ1) is 7.33. The molecule has 7 heteroatoms. The fourth-order valence-corrected chi connectivity index (χ4v) is 1.61. The molecule has 1 aliphatic rings. The molecule has 2 N–H and O–H groups in total. The summed E-state index contributed by atoms with van der Waals surface area (Å²) in [5.41, 5.74) is 4.26. The first-order valence-corrected chi connectivity index (χ1v) is 4.93. The van der Waals surface area contributed by atoms with Gasteiger partial charge in [-0.1, -0.05) is 0 Å². The van der Waals surface area contributed by atoms with Crippen LogP contribution in [-0.2, 0) is 4.84 Å². The summed E-state index contributed by atoms with van der Waals surface area (Å²) in [7, 11) is 0. The largest absolute Gasteiger partial charge is 0.365 e.